The maximum Gasteiger partial charge on any atom is 0.238 e. The molecule has 0 unspecified atom stereocenters. The number of likely N-dealkylation sites (N-methyl/N-ethyl adjacent to an activating group) is 1. The van der Waals surface area contributed by atoms with E-state index in [1.807, 2.05) is 11.0 Å². The fourth-order valence-electron chi connectivity index (χ4n) is 4.75. The van der Waals surface area contributed by atoms with Crippen LogP contribution in [0.15, 0.2) is 30.3 Å². The number of nitrogens with one attached hydrogen (secondary N) is 2. The predicted octanol–water partition coefficient (Wildman–Crippen LogP) is 0.276. The van der Waals surface area contributed by atoms with E-state index in [9.17, 15) is 9.59 Å². The van der Waals surface area contributed by atoms with E-state index in [2.05, 4.69) is 51.7 Å². The second kappa shape index (κ2) is 8.49. The van der Waals surface area contributed by atoms with Crippen molar-refractivity contribution in [2.45, 2.75) is 37.4 Å². The zero-order valence-electron chi connectivity index (χ0n) is 16.6. The Kier molecular flexibility index (Phi) is 5.82. The van der Waals surface area contributed by atoms with Crippen LogP contribution >= 0.6 is 0 Å². The number of para-hydroxylation sites is 1. The molecule has 0 bridgehead atoms. The van der Waals surface area contributed by atoms with Gasteiger partial charge in [-0.1, -0.05) is 18.2 Å². The number of carbonyl (C=O) groups is 2. The molecule has 0 radical (unpaired) electrons. The Bertz CT molecular complexity index is 689. The van der Waals surface area contributed by atoms with Crippen LogP contribution in [-0.4, -0.2) is 86.1 Å². The number of carbonyl (C=O) groups excluding carboxylic acids is 2. The van der Waals surface area contributed by atoms with Crippen molar-refractivity contribution < 1.29 is 9.59 Å². The summed E-state index contributed by atoms with van der Waals surface area (Å²) in [6, 6.07) is 10.7. The Labute approximate surface area is 167 Å². The van der Waals surface area contributed by atoms with Gasteiger partial charge in [-0.2, -0.15) is 0 Å². The van der Waals surface area contributed by atoms with E-state index in [1.54, 1.807) is 0 Å². The van der Waals surface area contributed by atoms with Crippen molar-refractivity contribution >= 4 is 17.5 Å². The van der Waals surface area contributed by atoms with E-state index in [0.29, 0.717) is 13.0 Å². The lowest BCUT2D eigenvalue weighted by Gasteiger charge is -2.37. The van der Waals surface area contributed by atoms with Crippen molar-refractivity contribution in [3.8, 4) is 0 Å². The molecule has 152 valence electrons. The van der Waals surface area contributed by atoms with Crippen molar-refractivity contribution in [1.29, 1.82) is 0 Å². The molecule has 2 N–H and O–H groups in total. The summed E-state index contributed by atoms with van der Waals surface area (Å²) < 4.78 is 0. The number of piperazine rings is 1. The maximum atomic E-state index is 12.8. The highest BCUT2D eigenvalue weighted by molar-refractivity contribution is 5.83. The van der Waals surface area contributed by atoms with Gasteiger partial charge in [0, 0.05) is 56.9 Å². The summed E-state index contributed by atoms with van der Waals surface area (Å²) in [7, 11) is 2.10. The van der Waals surface area contributed by atoms with Crippen molar-refractivity contribution in [2.75, 3.05) is 51.2 Å². The third-order valence-corrected chi connectivity index (χ3v) is 6.53. The Morgan fingerprint density at radius 3 is 2.64 bits per heavy atom. The molecule has 0 aliphatic carbocycles. The normalized spacial score (nSPS) is 28.6. The molecule has 7 nitrogen and oxygen atoms in total. The Hall–Kier alpha value is -2.12. The van der Waals surface area contributed by atoms with Crippen LogP contribution in [0.4, 0.5) is 5.69 Å². The van der Waals surface area contributed by atoms with E-state index in [0.717, 1.165) is 45.6 Å². The van der Waals surface area contributed by atoms with E-state index in [1.165, 1.54) is 5.69 Å². The van der Waals surface area contributed by atoms with Gasteiger partial charge in [-0.25, -0.2) is 0 Å². The summed E-state index contributed by atoms with van der Waals surface area (Å²) in [6.07, 6.45) is 2.32. The van der Waals surface area contributed by atoms with E-state index in [-0.39, 0.29) is 29.9 Å². The van der Waals surface area contributed by atoms with Crippen LogP contribution in [-0.2, 0) is 9.59 Å². The fraction of sp³-hybridized carbons (Fsp3) is 0.619. The van der Waals surface area contributed by atoms with Gasteiger partial charge in [0.2, 0.25) is 11.8 Å². The van der Waals surface area contributed by atoms with Crippen molar-refractivity contribution in [1.82, 2.24) is 20.4 Å². The molecule has 3 saturated heterocycles. The van der Waals surface area contributed by atoms with Crippen LogP contribution in [0.25, 0.3) is 0 Å². The lowest BCUT2D eigenvalue weighted by atomic mass is 10.0. The van der Waals surface area contributed by atoms with Crippen molar-refractivity contribution in [3.63, 3.8) is 0 Å². The molecule has 3 atom stereocenters. The van der Waals surface area contributed by atoms with Crippen LogP contribution in [0.2, 0.25) is 0 Å². The van der Waals surface area contributed by atoms with Gasteiger partial charge in [0.1, 0.15) is 6.04 Å². The van der Waals surface area contributed by atoms with Gasteiger partial charge in [0.25, 0.3) is 0 Å². The number of hydrogen-bond donors (Lipinski definition) is 2. The molecule has 3 fully saturated rings. The molecule has 0 spiro atoms. The van der Waals surface area contributed by atoms with Crippen molar-refractivity contribution in [3.05, 3.63) is 30.3 Å². The molecule has 1 aromatic rings. The topological polar surface area (TPSA) is 67.9 Å². The number of nitrogens with zero attached hydrogens (tertiary/aromatic N) is 3. The zero-order valence-corrected chi connectivity index (χ0v) is 16.6. The number of hydrogen-bond acceptors (Lipinski definition) is 5. The quantitative estimate of drug-likeness (QED) is 0.779. The molecule has 1 aromatic carbocycles. The first-order chi connectivity index (χ1) is 13.6. The SMILES string of the molecule is CN1[C@@H](CCC(=O)N2CCN(c3ccccc3)CC2)CNC(=O)[C@H]2NCC[C@@H]21. The highest BCUT2D eigenvalue weighted by Gasteiger charge is 2.40. The number of amides is 2. The molecule has 3 aliphatic rings. The number of benzene rings is 1. The van der Waals surface area contributed by atoms with Gasteiger partial charge in [0.15, 0.2) is 0 Å². The number of rotatable bonds is 4. The first-order valence-electron chi connectivity index (χ1n) is 10.4. The molecule has 0 aromatic heterocycles. The van der Waals surface area contributed by atoms with Gasteiger partial charge in [0.05, 0.1) is 0 Å². The lowest BCUT2D eigenvalue weighted by Crippen LogP contribution is -2.49. The zero-order chi connectivity index (χ0) is 19.5. The lowest BCUT2D eigenvalue weighted by molar-refractivity contribution is -0.131. The third-order valence-electron chi connectivity index (χ3n) is 6.53. The average molecular weight is 386 g/mol. The monoisotopic (exact) mass is 385 g/mol. The fourth-order valence-corrected chi connectivity index (χ4v) is 4.75. The maximum absolute atomic E-state index is 12.8. The first-order valence-corrected chi connectivity index (χ1v) is 10.4. The molecule has 3 heterocycles. The molecule has 2 amide bonds. The molecule has 28 heavy (non-hydrogen) atoms. The highest BCUT2D eigenvalue weighted by atomic mass is 16.2. The Balaban J connectivity index is 1.27. The van der Waals surface area contributed by atoms with E-state index >= 15 is 0 Å². The van der Waals surface area contributed by atoms with Crippen LogP contribution in [0.5, 0.6) is 0 Å². The molecule has 4 rings (SSSR count). The Morgan fingerprint density at radius 1 is 1.14 bits per heavy atom. The summed E-state index contributed by atoms with van der Waals surface area (Å²) in [5.74, 6) is 0.331. The minimum absolute atomic E-state index is 0.0974. The van der Waals surface area contributed by atoms with Crippen molar-refractivity contribution in [2.24, 2.45) is 0 Å². The van der Waals surface area contributed by atoms with Gasteiger partial charge >= 0.3 is 0 Å². The summed E-state index contributed by atoms with van der Waals surface area (Å²) >= 11 is 0. The van der Waals surface area contributed by atoms with E-state index in [4.69, 9.17) is 0 Å². The summed E-state index contributed by atoms with van der Waals surface area (Å²) in [4.78, 5) is 31.6. The molecule has 3 aliphatic heterocycles. The number of anilines is 1. The van der Waals surface area contributed by atoms with Gasteiger partial charge in [-0.05, 0) is 38.6 Å². The molecule has 7 heteroatoms. The smallest absolute Gasteiger partial charge is 0.238 e. The predicted molar refractivity (Wildman–Crippen MR) is 109 cm³/mol. The minimum Gasteiger partial charge on any atom is -0.368 e. The van der Waals surface area contributed by atoms with Crippen LogP contribution in [0, 0.1) is 0 Å². The van der Waals surface area contributed by atoms with E-state index < -0.39 is 0 Å². The summed E-state index contributed by atoms with van der Waals surface area (Å²) in [5.41, 5.74) is 1.23. The van der Waals surface area contributed by atoms with Gasteiger partial charge < -0.3 is 20.4 Å². The molecule has 0 saturated carbocycles. The minimum atomic E-state index is -0.114. The van der Waals surface area contributed by atoms with Crippen LogP contribution < -0.4 is 15.5 Å². The second-order valence-corrected chi connectivity index (χ2v) is 8.09. The second-order valence-electron chi connectivity index (χ2n) is 8.09. The highest BCUT2D eigenvalue weighted by Crippen LogP contribution is 2.22. The Morgan fingerprint density at radius 2 is 1.89 bits per heavy atom. The van der Waals surface area contributed by atoms with Crippen LogP contribution in [0.1, 0.15) is 19.3 Å². The van der Waals surface area contributed by atoms with Crippen LogP contribution in [0.3, 0.4) is 0 Å². The number of fused-ring (bicyclic) bond motifs is 1. The summed E-state index contributed by atoms with van der Waals surface area (Å²) in [6.45, 7) is 4.82. The average Bonchev–Trinajstić information content (AvgIpc) is 3.20. The first kappa shape index (κ1) is 19.2. The van der Waals surface area contributed by atoms with Gasteiger partial charge in [-0.15, -0.1) is 0 Å². The standard InChI is InChI=1S/C21H31N5O2/c1-24-17(15-23-21(28)20-18(24)9-10-22-20)7-8-19(27)26-13-11-25(12-14-26)16-5-3-2-4-6-16/h2-6,17-18,20,22H,7-15H2,1H3,(H,23,28)/t17-,18-,20-/m0/s1. The molecular weight excluding hydrogens is 354 g/mol. The third kappa shape index (κ3) is 4.00. The largest absolute Gasteiger partial charge is 0.368 e. The van der Waals surface area contributed by atoms with Gasteiger partial charge in [-0.3, -0.25) is 14.5 Å². The molecular formula is C21H31N5O2. The summed E-state index contributed by atoms with van der Waals surface area (Å²) in [5, 5.41) is 6.35.